The van der Waals surface area contributed by atoms with Crippen molar-refractivity contribution in [1.29, 1.82) is 0 Å². The summed E-state index contributed by atoms with van der Waals surface area (Å²) in [5.41, 5.74) is 2.02. The van der Waals surface area contributed by atoms with Crippen LogP contribution in [0.2, 0.25) is 0 Å². The zero-order valence-corrected chi connectivity index (χ0v) is 12.6. The molecular weight excluding hydrogens is 320 g/mol. The van der Waals surface area contributed by atoms with E-state index in [1.165, 1.54) is 30.7 Å². The van der Waals surface area contributed by atoms with E-state index in [2.05, 4.69) is 9.71 Å². The highest BCUT2D eigenvalue weighted by Crippen LogP contribution is 2.15. The van der Waals surface area contributed by atoms with Crippen LogP contribution in [-0.2, 0) is 16.6 Å². The summed E-state index contributed by atoms with van der Waals surface area (Å²) in [6, 6.07) is 10.2. The van der Waals surface area contributed by atoms with Crippen LogP contribution in [0.15, 0.2) is 58.2 Å². The third-order valence-electron chi connectivity index (χ3n) is 3.27. The van der Waals surface area contributed by atoms with E-state index in [1.807, 2.05) is 0 Å². The Kier molecular flexibility index (Phi) is 3.85. The Morgan fingerprint density at radius 2 is 1.91 bits per heavy atom. The molecule has 0 fully saturated rings. The summed E-state index contributed by atoms with van der Waals surface area (Å²) < 4.78 is 32.0. The smallest absolute Gasteiger partial charge is 0.335 e. The molecule has 0 atom stereocenters. The van der Waals surface area contributed by atoms with E-state index in [-0.39, 0.29) is 17.0 Å². The molecule has 7 nitrogen and oxygen atoms in total. The Labute approximate surface area is 131 Å². The number of nitrogens with zero attached hydrogens (tertiary/aromatic N) is 1. The quantitative estimate of drug-likeness (QED) is 0.739. The largest absolute Gasteiger partial charge is 0.478 e. The number of aromatic nitrogens is 1. The molecule has 1 aromatic heterocycles. The number of hydrogen-bond acceptors (Lipinski definition) is 5. The fourth-order valence-corrected chi connectivity index (χ4v) is 3.07. The van der Waals surface area contributed by atoms with Gasteiger partial charge in [0.1, 0.15) is 5.52 Å². The number of oxazole rings is 1. The maximum absolute atomic E-state index is 12.2. The Morgan fingerprint density at radius 1 is 1.17 bits per heavy atom. The van der Waals surface area contributed by atoms with Crippen LogP contribution in [0.3, 0.4) is 0 Å². The minimum absolute atomic E-state index is 0.00300. The molecule has 0 aliphatic carbocycles. The summed E-state index contributed by atoms with van der Waals surface area (Å²) in [5, 5.41) is 8.82. The number of carbonyl (C=O) groups is 1. The van der Waals surface area contributed by atoms with Crippen LogP contribution in [0.1, 0.15) is 15.9 Å². The monoisotopic (exact) mass is 332 g/mol. The average molecular weight is 332 g/mol. The van der Waals surface area contributed by atoms with Crippen molar-refractivity contribution in [1.82, 2.24) is 9.71 Å². The van der Waals surface area contributed by atoms with Crippen molar-refractivity contribution in [3.8, 4) is 0 Å². The molecule has 1 heterocycles. The van der Waals surface area contributed by atoms with Gasteiger partial charge < -0.3 is 9.52 Å². The SMILES string of the molecule is O=C(O)c1ccc(S(=O)(=O)NCc2ccc3ncoc3c2)cc1. The van der Waals surface area contributed by atoms with Gasteiger partial charge in [-0.15, -0.1) is 0 Å². The van der Waals surface area contributed by atoms with E-state index in [1.54, 1.807) is 18.2 Å². The molecule has 118 valence electrons. The lowest BCUT2D eigenvalue weighted by atomic mass is 10.2. The summed E-state index contributed by atoms with van der Waals surface area (Å²) in [6.45, 7) is 0.0830. The first kappa shape index (κ1) is 15.2. The van der Waals surface area contributed by atoms with Crippen molar-refractivity contribution in [3.63, 3.8) is 0 Å². The zero-order valence-electron chi connectivity index (χ0n) is 11.8. The number of sulfonamides is 1. The number of aromatic carboxylic acids is 1. The summed E-state index contributed by atoms with van der Waals surface area (Å²) in [7, 11) is -3.73. The lowest BCUT2D eigenvalue weighted by Gasteiger charge is -2.07. The van der Waals surface area contributed by atoms with Gasteiger partial charge in [-0.05, 0) is 42.0 Å². The summed E-state index contributed by atoms with van der Waals surface area (Å²) in [4.78, 5) is 14.8. The number of hydrogen-bond donors (Lipinski definition) is 2. The van der Waals surface area contributed by atoms with Gasteiger partial charge >= 0.3 is 5.97 Å². The highest BCUT2D eigenvalue weighted by atomic mass is 32.2. The van der Waals surface area contributed by atoms with Gasteiger partial charge in [0.25, 0.3) is 0 Å². The van der Waals surface area contributed by atoms with E-state index in [9.17, 15) is 13.2 Å². The Hall–Kier alpha value is -2.71. The molecule has 0 saturated heterocycles. The van der Waals surface area contributed by atoms with Crippen LogP contribution < -0.4 is 4.72 Å². The van der Waals surface area contributed by atoms with Crippen molar-refractivity contribution in [3.05, 3.63) is 60.0 Å². The molecule has 23 heavy (non-hydrogen) atoms. The highest BCUT2D eigenvalue weighted by Gasteiger charge is 2.14. The van der Waals surface area contributed by atoms with Crippen molar-refractivity contribution < 1.29 is 22.7 Å². The molecule has 2 N–H and O–H groups in total. The Morgan fingerprint density at radius 3 is 2.61 bits per heavy atom. The number of rotatable bonds is 5. The lowest BCUT2D eigenvalue weighted by Crippen LogP contribution is -2.23. The van der Waals surface area contributed by atoms with E-state index < -0.39 is 16.0 Å². The first-order valence-corrected chi connectivity index (χ1v) is 8.09. The summed E-state index contributed by atoms with van der Waals surface area (Å²) in [5.74, 6) is -1.11. The van der Waals surface area contributed by atoms with Gasteiger partial charge in [0.05, 0.1) is 10.5 Å². The van der Waals surface area contributed by atoms with E-state index in [4.69, 9.17) is 9.52 Å². The molecule has 0 aliphatic heterocycles. The maximum atomic E-state index is 12.2. The molecule has 3 rings (SSSR count). The molecular formula is C15H12N2O5S. The van der Waals surface area contributed by atoms with Crippen molar-refractivity contribution in [2.45, 2.75) is 11.4 Å². The molecule has 0 radical (unpaired) electrons. The minimum Gasteiger partial charge on any atom is -0.478 e. The van der Waals surface area contributed by atoms with Crippen molar-refractivity contribution >= 4 is 27.1 Å². The van der Waals surface area contributed by atoms with E-state index >= 15 is 0 Å². The second-order valence-corrected chi connectivity index (χ2v) is 6.58. The first-order chi connectivity index (χ1) is 11.0. The number of carboxylic acid groups (broad SMARTS) is 1. The van der Waals surface area contributed by atoms with Crippen LogP contribution in [0.25, 0.3) is 11.1 Å². The Bertz CT molecular complexity index is 961. The highest BCUT2D eigenvalue weighted by molar-refractivity contribution is 7.89. The fraction of sp³-hybridized carbons (Fsp3) is 0.0667. The van der Waals surface area contributed by atoms with E-state index in [0.717, 1.165) is 5.56 Å². The van der Waals surface area contributed by atoms with Crippen LogP contribution in [0.5, 0.6) is 0 Å². The number of carboxylic acids is 1. The lowest BCUT2D eigenvalue weighted by molar-refractivity contribution is 0.0696. The second kappa shape index (κ2) is 5.82. The number of nitrogens with one attached hydrogen (secondary N) is 1. The zero-order chi connectivity index (χ0) is 16.4. The topological polar surface area (TPSA) is 110 Å². The minimum atomic E-state index is -3.73. The molecule has 0 bridgehead atoms. The molecule has 0 aliphatic rings. The van der Waals surface area contributed by atoms with Gasteiger partial charge in [-0.1, -0.05) is 6.07 Å². The number of benzene rings is 2. The van der Waals surface area contributed by atoms with Gasteiger partial charge in [-0.2, -0.15) is 0 Å². The van der Waals surface area contributed by atoms with E-state index in [0.29, 0.717) is 11.1 Å². The second-order valence-electron chi connectivity index (χ2n) is 4.81. The fourth-order valence-electron chi connectivity index (χ4n) is 2.05. The van der Waals surface area contributed by atoms with Crippen LogP contribution in [0, 0.1) is 0 Å². The molecule has 0 spiro atoms. The standard InChI is InChI=1S/C15H12N2O5S/c18-15(19)11-2-4-12(5-3-11)23(20,21)17-8-10-1-6-13-14(7-10)22-9-16-13/h1-7,9,17H,8H2,(H,18,19). The number of fused-ring (bicyclic) bond motifs is 1. The Balaban J connectivity index is 1.76. The van der Waals surface area contributed by atoms with Crippen LogP contribution in [-0.4, -0.2) is 24.5 Å². The molecule has 0 amide bonds. The van der Waals surface area contributed by atoms with Gasteiger partial charge in [0.2, 0.25) is 10.0 Å². The van der Waals surface area contributed by atoms with Crippen molar-refractivity contribution in [2.24, 2.45) is 0 Å². The first-order valence-electron chi connectivity index (χ1n) is 6.61. The van der Waals surface area contributed by atoms with Gasteiger partial charge in [-0.25, -0.2) is 22.9 Å². The molecule has 2 aromatic carbocycles. The summed E-state index contributed by atoms with van der Waals surface area (Å²) >= 11 is 0. The normalized spacial score (nSPS) is 11.7. The maximum Gasteiger partial charge on any atom is 0.335 e. The third-order valence-corrected chi connectivity index (χ3v) is 4.69. The molecule has 3 aromatic rings. The van der Waals surface area contributed by atoms with Crippen LogP contribution >= 0.6 is 0 Å². The van der Waals surface area contributed by atoms with Gasteiger partial charge in [0, 0.05) is 6.54 Å². The average Bonchev–Trinajstić information content (AvgIpc) is 3.01. The van der Waals surface area contributed by atoms with Gasteiger partial charge in [0.15, 0.2) is 12.0 Å². The van der Waals surface area contributed by atoms with Gasteiger partial charge in [-0.3, -0.25) is 0 Å². The van der Waals surface area contributed by atoms with Crippen LogP contribution in [0.4, 0.5) is 0 Å². The molecule has 0 unspecified atom stereocenters. The van der Waals surface area contributed by atoms with Crippen molar-refractivity contribution in [2.75, 3.05) is 0 Å². The predicted octanol–water partition coefficient (Wildman–Crippen LogP) is 2.00. The third kappa shape index (κ3) is 3.22. The summed E-state index contributed by atoms with van der Waals surface area (Å²) in [6.07, 6.45) is 1.32. The predicted molar refractivity (Wildman–Crippen MR) is 81.4 cm³/mol. The molecule has 0 saturated carbocycles. The molecule has 8 heteroatoms.